The predicted molar refractivity (Wildman–Crippen MR) is 100 cm³/mol. The molecule has 5 heteroatoms. The van der Waals surface area contributed by atoms with Crippen LogP contribution in [0.2, 0.25) is 0 Å². The molecule has 1 fully saturated rings. The number of rotatable bonds is 3. The number of imidazole rings is 1. The second-order valence-corrected chi connectivity index (χ2v) is 6.59. The maximum absolute atomic E-state index is 12.3. The molecule has 25 heavy (non-hydrogen) atoms. The Hall–Kier alpha value is -2.66. The Labute approximate surface area is 147 Å². The summed E-state index contributed by atoms with van der Waals surface area (Å²) in [5.74, 6) is 1.09. The third kappa shape index (κ3) is 3.15. The highest BCUT2D eigenvalue weighted by Gasteiger charge is 2.20. The molecule has 5 nitrogen and oxygen atoms in total. The molecule has 1 aliphatic rings. The van der Waals surface area contributed by atoms with E-state index in [0.717, 1.165) is 54.0 Å². The average molecular weight is 334 g/mol. The number of aromatic nitrogens is 2. The van der Waals surface area contributed by atoms with Gasteiger partial charge >= 0.3 is 0 Å². The number of benzene rings is 2. The van der Waals surface area contributed by atoms with Crippen LogP contribution in [0.4, 0.5) is 5.69 Å². The highest BCUT2D eigenvalue weighted by molar-refractivity contribution is 5.93. The molecule has 128 valence electrons. The van der Waals surface area contributed by atoms with Gasteiger partial charge in [-0.25, -0.2) is 4.98 Å². The van der Waals surface area contributed by atoms with Crippen molar-refractivity contribution in [3.05, 3.63) is 48.5 Å². The minimum Gasteiger partial charge on any atom is -0.327 e. The minimum atomic E-state index is 0.0632. The summed E-state index contributed by atoms with van der Waals surface area (Å²) in [5.41, 5.74) is 3.97. The molecule has 0 radical (unpaired) electrons. The van der Waals surface area contributed by atoms with E-state index in [-0.39, 0.29) is 11.8 Å². The van der Waals surface area contributed by atoms with E-state index < -0.39 is 0 Å². The lowest BCUT2D eigenvalue weighted by Crippen LogP contribution is -2.37. The molecular formula is C20H22N4O. The van der Waals surface area contributed by atoms with E-state index in [0.29, 0.717) is 0 Å². The SMILES string of the molecule is Cn1c(-c2ccc(NC(=O)C3CCCNC3)cc2)nc2ccccc21. The largest absolute Gasteiger partial charge is 0.327 e. The maximum atomic E-state index is 12.3. The van der Waals surface area contributed by atoms with Crippen molar-refractivity contribution < 1.29 is 4.79 Å². The smallest absolute Gasteiger partial charge is 0.228 e. The molecule has 0 saturated carbocycles. The summed E-state index contributed by atoms with van der Waals surface area (Å²) in [6, 6.07) is 16.0. The average Bonchev–Trinajstić information content (AvgIpc) is 3.00. The standard InChI is InChI=1S/C20H22N4O/c1-24-18-7-3-2-6-17(18)23-19(24)14-8-10-16(11-9-14)22-20(25)15-5-4-12-21-13-15/h2-3,6-11,15,21H,4-5,12-13H2,1H3,(H,22,25). The Morgan fingerprint density at radius 2 is 2.00 bits per heavy atom. The van der Waals surface area contributed by atoms with Crippen LogP contribution >= 0.6 is 0 Å². The first kappa shape index (κ1) is 15.8. The number of nitrogens with zero attached hydrogens (tertiary/aromatic N) is 2. The Balaban J connectivity index is 1.53. The van der Waals surface area contributed by atoms with Crippen molar-refractivity contribution in [2.45, 2.75) is 12.8 Å². The fraction of sp³-hybridized carbons (Fsp3) is 0.300. The number of fused-ring (bicyclic) bond motifs is 1. The minimum absolute atomic E-state index is 0.0632. The number of aryl methyl sites for hydroxylation is 1. The number of piperidine rings is 1. The first-order chi connectivity index (χ1) is 12.2. The van der Waals surface area contributed by atoms with Crippen molar-refractivity contribution >= 4 is 22.6 Å². The van der Waals surface area contributed by atoms with Gasteiger partial charge in [-0.3, -0.25) is 4.79 Å². The van der Waals surface area contributed by atoms with Crippen LogP contribution in [0.15, 0.2) is 48.5 Å². The second-order valence-electron chi connectivity index (χ2n) is 6.59. The van der Waals surface area contributed by atoms with Gasteiger partial charge in [-0.05, 0) is 55.8 Å². The van der Waals surface area contributed by atoms with Crippen LogP contribution in [-0.4, -0.2) is 28.5 Å². The first-order valence-corrected chi connectivity index (χ1v) is 8.76. The molecule has 1 aromatic heterocycles. The molecule has 4 rings (SSSR count). The van der Waals surface area contributed by atoms with Crippen LogP contribution in [0.5, 0.6) is 0 Å². The van der Waals surface area contributed by atoms with Crippen molar-refractivity contribution in [2.75, 3.05) is 18.4 Å². The van der Waals surface area contributed by atoms with E-state index in [2.05, 4.69) is 21.3 Å². The number of nitrogens with one attached hydrogen (secondary N) is 2. The quantitative estimate of drug-likeness (QED) is 0.773. The molecule has 2 aromatic carbocycles. The molecule has 0 bridgehead atoms. The van der Waals surface area contributed by atoms with Gasteiger partial charge in [0.05, 0.1) is 17.0 Å². The van der Waals surface area contributed by atoms with Crippen LogP contribution in [0.1, 0.15) is 12.8 Å². The Morgan fingerprint density at radius 3 is 2.72 bits per heavy atom. The molecule has 2 heterocycles. The summed E-state index contributed by atoms with van der Waals surface area (Å²) in [5, 5.41) is 6.30. The van der Waals surface area contributed by atoms with E-state index in [4.69, 9.17) is 4.98 Å². The van der Waals surface area contributed by atoms with Gasteiger partial charge < -0.3 is 15.2 Å². The van der Waals surface area contributed by atoms with Crippen LogP contribution < -0.4 is 10.6 Å². The van der Waals surface area contributed by atoms with Crippen LogP contribution in [0.25, 0.3) is 22.4 Å². The van der Waals surface area contributed by atoms with Crippen molar-refractivity contribution in [1.82, 2.24) is 14.9 Å². The zero-order valence-electron chi connectivity index (χ0n) is 14.3. The molecule has 2 N–H and O–H groups in total. The summed E-state index contributed by atoms with van der Waals surface area (Å²) >= 11 is 0. The Bertz CT molecular complexity index is 892. The molecule has 3 aromatic rings. The number of para-hydroxylation sites is 2. The second kappa shape index (κ2) is 6.69. The summed E-state index contributed by atoms with van der Waals surface area (Å²) in [7, 11) is 2.02. The van der Waals surface area contributed by atoms with E-state index in [1.54, 1.807) is 0 Å². The first-order valence-electron chi connectivity index (χ1n) is 8.76. The molecule has 1 unspecified atom stereocenters. The monoisotopic (exact) mass is 334 g/mol. The normalized spacial score (nSPS) is 17.6. The zero-order chi connectivity index (χ0) is 17.2. The lowest BCUT2D eigenvalue weighted by atomic mass is 9.99. The van der Waals surface area contributed by atoms with Gasteiger partial charge in [0.2, 0.25) is 5.91 Å². The van der Waals surface area contributed by atoms with Crippen LogP contribution in [0.3, 0.4) is 0 Å². The van der Waals surface area contributed by atoms with Gasteiger partial charge in [-0.1, -0.05) is 12.1 Å². The van der Waals surface area contributed by atoms with Crippen molar-refractivity contribution in [2.24, 2.45) is 13.0 Å². The molecule has 0 aliphatic carbocycles. The third-order valence-corrected chi connectivity index (χ3v) is 4.87. The van der Waals surface area contributed by atoms with Crippen molar-refractivity contribution in [3.8, 4) is 11.4 Å². The molecule has 1 aliphatic heterocycles. The van der Waals surface area contributed by atoms with E-state index >= 15 is 0 Å². The summed E-state index contributed by atoms with van der Waals surface area (Å²) < 4.78 is 2.09. The highest BCUT2D eigenvalue weighted by atomic mass is 16.1. The fourth-order valence-corrected chi connectivity index (χ4v) is 3.43. The van der Waals surface area contributed by atoms with Crippen molar-refractivity contribution in [3.63, 3.8) is 0 Å². The number of amides is 1. The lowest BCUT2D eigenvalue weighted by molar-refractivity contribution is -0.120. The Kier molecular flexibility index (Phi) is 4.24. The lowest BCUT2D eigenvalue weighted by Gasteiger charge is -2.21. The van der Waals surface area contributed by atoms with Crippen molar-refractivity contribution in [1.29, 1.82) is 0 Å². The zero-order valence-corrected chi connectivity index (χ0v) is 14.3. The topological polar surface area (TPSA) is 59.0 Å². The van der Waals surface area contributed by atoms with E-state index in [9.17, 15) is 4.79 Å². The summed E-state index contributed by atoms with van der Waals surface area (Å²) in [6.45, 7) is 1.78. The van der Waals surface area contributed by atoms with Gasteiger partial charge in [-0.15, -0.1) is 0 Å². The molecule has 1 atom stereocenters. The number of carbonyl (C=O) groups is 1. The molecule has 0 spiro atoms. The van der Waals surface area contributed by atoms with E-state index in [1.165, 1.54) is 0 Å². The fourth-order valence-electron chi connectivity index (χ4n) is 3.43. The predicted octanol–water partition coefficient (Wildman–Crippen LogP) is 3.18. The third-order valence-electron chi connectivity index (χ3n) is 4.87. The number of anilines is 1. The van der Waals surface area contributed by atoms with Gasteiger partial charge in [0.25, 0.3) is 0 Å². The van der Waals surface area contributed by atoms with Gasteiger partial charge in [0, 0.05) is 24.8 Å². The molecule has 1 amide bonds. The summed E-state index contributed by atoms with van der Waals surface area (Å²) in [4.78, 5) is 17.0. The molecular weight excluding hydrogens is 312 g/mol. The van der Waals surface area contributed by atoms with Crippen LogP contribution in [-0.2, 0) is 11.8 Å². The van der Waals surface area contributed by atoms with Gasteiger partial charge in [-0.2, -0.15) is 0 Å². The van der Waals surface area contributed by atoms with Gasteiger partial charge in [0.15, 0.2) is 0 Å². The number of hydrogen-bond donors (Lipinski definition) is 2. The summed E-state index contributed by atoms with van der Waals surface area (Å²) in [6.07, 6.45) is 2.01. The number of carbonyl (C=O) groups excluding carboxylic acids is 1. The van der Waals surface area contributed by atoms with E-state index in [1.807, 2.05) is 49.5 Å². The maximum Gasteiger partial charge on any atom is 0.228 e. The number of hydrogen-bond acceptors (Lipinski definition) is 3. The highest BCUT2D eigenvalue weighted by Crippen LogP contribution is 2.25. The Morgan fingerprint density at radius 1 is 1.20 bits per heavy atom. The van der Waals surface area contributed by atoms with Crippen LogP contribution in [0, 0.1) is 5.92 Å². The van der Waals surface area contributed by atoms with Gasteiger partial charge in [0.1, 0.15) is 5.82 Å². The molecule has 1 saturated heterocycles.